The second kappa shape index (κ2) is 8.20. The second-order valence-corrected chi connectivity index (χ2v) is 5.97. The largest absolute Gasteiger partial charge is 0.474 e. The van der Waals surface area contributed by atoms with Crippen LogP contribution in [0.1, 0.15) is 64.9 Å². The summed E-state index contributed by atoms with van der Waals surface area (Å²) in [4.78, 5) is 8.76. The van der Waals surface area contributed by atoms with Crippen LogP contribution >= 0.6 is 0 Å². The third-order valence-electron chi connectivity index (χ3n) is 4.39. The summed E-state index contributed by atoms with van der Waals surface area (Å²) in [7, 11) is 0. The molecule has 1 fully saturated rings. The first-order valence-corrected chi connectivity index (χ1v) is 8.52. The van der Waals surface area contributed by atoms with E-state index in [0.29, 0.717) is 6.10 Å². The molecule has 118 valence electrons. The Morgan fingerprint density at radius 1 is 1.24 bits per heavy atom. The van der Waals surface area contributed by atoms with Gasteiger partial charge in [0.1, 0.15) is 18.2 Å². The first-order chi connectivity index (χ1) is 10.3. The molecule has 1 N–H and O–H groups in total. The molecule has 1 saturated carbocycles. The Hall–Kier alpha value is -1.32. The summed E-state index contributed by atoms with van der Waals surface area (Å²) in [6.07, 6.45) is 10.1. The van der Waals surface area contributed by atoms with Gasteiger partial charge < -0.3 is 10.1 Å². The molecule has 1 aliphatic rings. The van der Waals surface area contributed by atoms with E-state index in [9.17, 15) is 0 Å². The second-order valence-electron chi connectivity index (χ2n) is 5.97. The van der Waals surface area contributed by atoms with Crippen molar-refractivity contribution in [2.75, 3.05) is 11.9 Å². The van der Waals surface area contributed by atoms with Crippen LogP contribution < -0.4 is 10.1 Å². The van der Waals surface area contributed by atoms with Crippen molar-refractivity contribution in [1.29, 1.82) is 0 Å². The number of rotatable bonds is 7. The van der Waals surface area contributed by atoms with Gasteiger partial charge in [-0.15, -0.1) is 0 Å². The molecule has 2 atom stereocenters. The molecule has 0 amide bonds. The number of nitrogens with zero attached hydrogens (tertiary/aromatic N) is 2. The number of hydrogen-bond acceptors (Lipinski definition) is 4. The van der Waals surface area contributed by atoms with Crippen LogP contribution in [-0.2, 0) is 6.42 Å². The fraction of sp³-hybridized carbons (Fsp3) is 0.765. The first kappa shape index (κ1) is 16.1. The van der Waals surface area contributed by atoms with Crippen molar-refractivity contribution in [2.45, 2.75) is 71.8 Å². The lowest BCUT2D eigenvalue weighted by atomic mass is 9.85. The van der Waals surface area contributed by atoms with Crippen molar-refractivity contribution in [2.24, 2.45) is 5.92 Å². The normalized spacial score (nSPS) is 22.0. The van der Waals surface area contributed by atoms with Crippen molar-refractivity contribution < 1.29 is 4.74 Å². The summed E-state index contributed by atoms with van der Waals surface area (Å²) in [6.45, 7) is 7.51. The van der Waals surface area contributed by atoms with Crippen LogP contribution in [0.3, 0.4) is 0 Å². The third kappa shape index (κ3) is 4.32. The summed E-state index contributed by atoms with van der Waals surface area (Å²) in [5, 5.41) is 3.38. The zero-order valence-corrected chi connectivity index (χ0v) is 13.7. The first-order valence-electron chi connectivity index (χ1n) is 8.52. The summed E-state index contributed by atoms with van der Waals surface area (Å²) < 4.78 is 6.24. The summed E-state index contributed by atoms with van der Waals surface area (Å²) in [5.74, 6) is 2.54. The van der Waals surface area contributed by atoms with Gasteiger partial charge >= 0.3 is 0 Å². The van der Waals surface area contributed by atoms with Crippen LogP contribution in [0.2, 0.25) is 0 Å². The molecule has 21 heavy (non-hydrogen) atoms. The van der Waals surface area contributed by atoms with Gasteiger partial charge in [-0.25, -0.2) is 9.97 Å². The predicted molar refractivity (Wildman–Crippen MR) is 86.9 cm³/mol. The van der Waals surface area contributed by atoms with E-state index in [2.05, 4.69) is 36.1 Å². The maximum Gasteiger partial charge on any atom is 0.222 e. The van der Waals surface area contributed by atoms with Crippen LogP contribution in [0.5, 0.6) is 5.88 Å². The quantitative estimate of drug-likeness (QED) is 0.817. The smallest absolute Gasteiger partial charge is 0.222 e. The molecule has 0 saturated heterocycles. The highest BCUT2D eigenvalue weighted by Gasteiger charge is 2.23. The lowest BCUT2D eigenvalue weighted by Gasteiger charge is -2.29. The molecule has 0 bridgehead atoms. The minimum absolute atomic E-state index is 0.322. The number of anilines is 1. The number of ether oxygens (including phenoxy) is 1. The minimum Gasteiger partial charge on any atom is -0.474 e. The molecule has 4 nitrogen and oxygen atoms in total. The van der Waals surface area contributed by atoms with Gasteiger partial charge in [0.05, 0.1) is 5.56 Å². The topological polar surface area (TPSA) is 47.0 Å². The van der Waals surface area contributed by atoms with E-state index in [0.717, 1.165) is 49.0 Å². The third-order valence-corrected chi connectivity index (χ3v) is 4.39. The summed E-state index contributed by atoms with van der Waals surface area (Å²) >= 11 is 0. The monoisotopic (exact) mass is 291 g/mol. The van der Waals surface area contributed by atoms with Crippen molar-refractivity contribution in [3.8, 4) is 5.88 Å². The Bertz CT molecular complexity index is 436. The van der Waals surface area contributed by atoms with Gasteiger partial charge in [-0.1, -0.05) is 33.6 Å². The van der Waals surface area contributed by atoms with Gasteiger partial charge in [-0.3, -0.25) is 0 Å². The average molecular weight is 291 g/mol. The minimum atomic E-state index is 0.322. The van der Waals surface area contributed by atoms with E-state index in [1.54, 1.807) is 6.33 Å². The Balaban J connectivity index is 2.08. The van der Waals surface area contributed by atoms with Crippen molar-refractivity contribution in [3.05, 3.63) is 11.9 Å². The van der Waals surface area contributed by atoms with Crippen LogP contribution in [0.25, 0.3) is 0 Å². The van der Waals surface area contributed by atoms with Gasteiger partial charge in [0.25, 0.3) is 0 Å². The standard InChI is InChI=1S/C17H29N3O/c1-4-10-18-16-15(6-3)17(20-12-19-16)21-14-9-7-8-13(5-2)11-14/h12-14H,4-11H2,1-3H3,(H,18,19,20). The SMILES string of the molecule is CCCNc1ncnc(OC2CCCC(CC)C2)c1CC. The van der Waals surface area contributed by atoms with Gasteiger partial charge in [0.2, 0.25) is 5.88 Å². The van der Waals surface area contributed by atoms with Crippen LogP contribution in [0, 0.1) is 5.92 Å². The fourth-order valence-corrected chi connectivity index (χ4v) is 3.09. The fourth-order valence-electron chi connectivity index (χ4n) is 3.09. The van der Waals surface area contributed by atoms with Gasteiger partial charge in [-0.05, 0) is 38.0 Å². The highest BCUT2D eigenvalue weighted by atomic mass is 16.5. The number of aromatic nitrogens is 2. The number of nitrogens with one attached hydrogen (secondary N) is 1. The molecule has 1 heterocycles. The van der Waals surface area contributed by atoms with Gasteiger partial charge in [-0.2, -0.15) is 0 Å². The van der Waals surface area contributed by atoms with E-state index in [1.165, 1.54) is 25.7 Å². The van der Waals surface area contributed by atoms with E-state index in [1.807, 2.05) is 0 Å². The van der Waals surface area contributed by atoms with Crippen molar-refractivity contribution in [3.63, 3.8) is 0 Å². The zero-order valence-electron chi connectivity index (χ0n) is 13.7. The molecule has 0 aromatic carbocycles. The van der Waals surface area contributed by atoms with E-state index in [-0.39, 0.29) is 0 Å². The lowest BCUT2D eigenvalue weighted by Crippen LogP contribution is -2.26. The average Bonchev–Trinajstić information content (AvgIpc) is 2.53. The molecule has 1 aromatic rings. The molecular weight excluding hydrogens is 262 g/mol. The molecule has 0 spiro atoms. The molecule has 1 aromatic heterocycles. The van der Waals surface area contributed by atoms with Gasteiger partial charge in [0, 0.05) is 6.54 Å². The Morgan fingerprint density at radius 3 is 2.81 bits per heavy atom. The van der Waals surface area contributed by atoms with Crippen molar-refractivity contribution in [1.82, 2.24) is 9.97 Å². The molecule has 1 aliphatic carbocycles. The molecule has 0 radical (unpaired) electrons. The molecule has 2 rings (SSSR count). The maximum absolute atomic E-state index is 6.24. The summed E-state index contributed by atoms with van der Waals surface area (Å²) in [5.41, 5.74) is 1.12. The number of hydrogen-bond donors (Lipinski definition) is 1. The molecule has 2 unspecified atom stereocenters. The molecular formula is C17H29N3O. The molecule has 0 aliphatic heterocycles. The van der Waals surface area contributed by atoms with Crippen LogP contribution in [0.4, 0.5) is 5.82 Å². The molecule has 4 heteroatoms. The highest BCUT2D eigenvalue weighted by molar-refractivity contribution is 5.48. The summed E-state index contributed by atoms with van der Waals surface area (Å²) in [6, 6.07) is 0. The van der Waals surface area contributed by atoms with E-state index >= 15 is 0 Å². The van der Waals surface area contributed by atoms with Crippen LogP contribution in [-0.4, -0.2) is 22.6 Å². The van der Waals surface area contributed by atoms with E-state index in [4.69, 9.17) is 4.74 Å². The van der Waals surface area contributed by atoms with Crippen LogP contribution in [0.15, 0.2) is 6.33 Å². The highest BCUT2D eigenvalue weighted by Crippen LogP contribution is 2.31. The predicted octanol–water partition coefficient (Wildman–Crippen LogP) is 4.21. The lowest BCUT2D eigenvalue weighted by molar-refractivity contribution is 0.116. The van der Waals surface area contributed by atoms with Gasteiger partial charge in [0.15, 0.2) is 0 Å². The Labute approximate surface area is 128 Å². The Kier molecular flexibility index (Phi) is 6.27. The zero-order chi connectivity index (χ0) is 15.1. The van der Waals surface area contributed by atoms with E-state index < -0.39 is 0 Å². The maximum atomic E-state index is 6.24. The Morgan fingerprint density at radius 2 is 2.10 bits per heavy atom. The van der Waals surface area contributed by atoms with Crippen molar-refractivity contribution >= 4 is 5.82 Å².